The molecule has 3 aliphatic heterocycles. The van der Waals surface area contributed by atoms with Crippen LogP contribution in [0.3, 0.4) is 0 Å². The maximum absolute atomic E-state index is 12.8. The zero-order valence-electron chi connectivity index (χ0n) is 26.9. The number of ketones is 1. The Morgan fingerprint density at radius 2 is 1.29 bits per heavy atom. The van der Waals surface area contributed by atoms with Crippen molar-refractivity contribution in [3.8, 4) is 0 Å². The summed E-state index contributed by atoms with van der Waals surface area (Å²) in [5, 5.41) is 84.0. The molecule has 286 valence electrons. The first-order valence-corrected chi connectivity index (χ1v) is 16.4. The van der Waals surface area contributed by atoms with Crippen molar-refractivity contribution in [2.75, 3.05) is 26.2 Å². The molecule has 3 saturated heterocycles. The fourth-order valence-corrected chi connectivity index (χ4v) is 6.71. The lowest BCUT2D eigenvalue weighted by atomic mass is 9.76. The summed E-state index contributed by atoms with van der Waals surface area (Å²) < 4.78 is 35.2. The van der Waals surface area contributed by atoms with Gasteiger partial charge in [0.1, 0.15) is 54.9 Å². The molecular formula is C28H54N6O15. The van der Waals surface area contributed by atoms with Gasteiger partial charge >= 0.3 is 0 Å². The Morgan fingerprint density at radius 1 is 0.694 bits per heavy atom. The van der Waals surface area contributed by atoms with Crippen molar-refractivity contribution in [1.29, 1.82) is 0 Å². The minimum atomic E-state index is -1.83. The fourth-order valence-electron chi connectivity index (χ4n) is 6.71. The van der Waals surface area contributed by atoms with Crippen molar-refractivity contribution < 1.29 is 74.1 Å². The number of aliphatic hydroxyl groups excluding tert-OH is 8. The highest BCUT2D eigenvalue weighted by molar-refractivity contribution is 5.83. The van der Waals surface area contributed by atoms with E-state index in [1.807, 2.05) is 0 Å². The van der Waals surface area contributed by atoms with Gasteiger partial charge in [0.2, 0.25) is 0 Å². The molecule has 21 nitrogen and oxygen atoms in total. The number of ether oxygens (including phenoxy) is 6. The second kappa shape index (κ2) is 17.6. The van der Waals surface area contributed by atoms with Crippen LogP contribution in [-0.2, 0) is 33.2 Å². The normalized spacial score (nSPS) is 47.6. The van der Waals surface area contributed by atoms with E-state index >= 15 is 0 Å². The Hall–Kier alpha value is -1.13. The highest BCUT2D eigenvalue weighted by atomic mass is 16.8. The van der Waals surface area contributed by atoms with E-state index in [9.17, 15) is 45.6 Å². The van der Waals surface area contributed by atoms with E-state index in [1.54, 1.807) is 0 Å². The van der Waals surface area contributed by atoms with E-state index in [0.717, 1.165) is 0 Å². The number of nitrogens with two attached hydrogens (primary N) is 6. The largest absolute Gasteiger partial charge is 0.394 e. The van der Waals surface area contributed by atoms with Crippen molar-refractivity contribution in [3.05, 3.63) is 0 Å². The van der Waals surface area contributed by atoms with Gasteiger partial charge in [-0.15, -0.1) is 0 Å². The lowest BCUT2D eigenvalue weighted by molar-refractivity contribution is -0.299. The van der Waals surface area contributed by atoms with Gasteiger partial charge in [0.25, 0.3) is 0 Å². The van der Waals surface area contributed by atoms with Gasteiger partial charge in [-0.05, 0) is 18.8 Å². The SMILES string of the molecule is NC[C@@H](O)[C@H](O)C(=O)C[C@@H]1C[C@H](N)[C@@H](O[C@H]2O[C@H](CN)[C@@H](O)C[C@H]2N)[C@H](O[C@@H]2O[C@H](CO)[C@@H](O[C@H]3O[C@@H](CN)[C@@H](O)[C@H](O)[C@H]3N)[C@H]2O)[C@H]1O. The predicted molar refractivity (Wildman–Crippen MR) is 163 cm³/mol. The van der Waals surface area contributed by atoms with Gasteiger partial charge in [0.05, 0.1) is 43.1 Å². The van der Waals surface area contributed by atoms with Gasteiger partial charge in [-0.25, -0.2) is 0 Å². The molecule has 0 aromatic carbocycles. The van der Waals surface area contributed by atoms with Crippen LogP contribution in [0.4, 0.5) is 0 Å². The second-order valence-electron chi connectivity index (χ2n) is 13.2. The van der Waals surface area contributed by atoms with Crippen molar-refractivity contribution in [1.82, 2.24) is 0 Å². The number of Topliss-reactive ketones (excluding diaryl/α,β-unsaturated/α-hetero) is 1. The fraction of sp³-hybridized carbons (Fsp3) is 0.964. The number of hydrogen-bond donors (Lipinski definition) is 14. The quantitative estimate of drug-likeness (QED) is 0.0794. The second-order valence-corrected chi connectivity index (χ2v) is 13.2. The van der Waals surface area contributed by atoms with Crippen LogP contribution in [0.5, 0.6) is 0 Å². The summed E-state index contributed by atoms with van der Waals surface area (Å²) in [6, 6.07) is -3.12. The van der Waals surface area contributed by atoms with Crippen LogP contribution < -0.4 is 34.4 Å². The Kier molecular flexibility index (Phi) is 14.6. The van der Waals surface area contributed by atoms with Crippen LogP contribution in [0, 0.1) is 5.92 Å². The molecule has 0 spiro atoms. The molecule has 4 fully saturated rings. The number of aliphatic hydroxyl groups is 8. The van der Waals surface area contributed by atoms with Crippen LogP contribution in [0.1, 0.15) is 19.3 Å². The van der Waals surface area contributed by atoms with E-state index in [4.69, 9.17) is 62.8 Å². The number of hydrogen-bond acceptors (Lipinski definition) is 21. The highest BCUT2D eigenvalue weighted by Crippen LogP contribution is 2.37. The summed E-state index contributed by atoms with van der Waals surface area (Å²) in [5.41, 5.74) is 35.5. The third-order valence-electron chi connectivity index (χ3n) is 9.70. The molecule has 0 aromatic rings. The molecule has 1 aliphatic carbocycles. The monoisotopic (exact) mass is 714 g/mol. The molecule has 4 rings (SSSR count). The molecule has 0 amide bonds. The van der Waals surface area contributed by atoms with Gasteiger partial charge in [-0.1, -0.05) is 0 Å². The van der Waals surface area contributed by atoms with E-state index in [2.05, 4.69) is 0 Å². The van der Waals surface area contributed by atoms with Crippen LogP contribution >= 0.6 is 0 Å². The molecule has 21 heteroatoms. The van der Waals surface area contributed by atoms with E-state index in [-0.39, 0.29) is 25.9 Å². The zero-order chi connectivity index (χ0) is 36.3. The topological polar surface area (TPSA) is 390 Å². The molecule has 0 bridgehead atoms. The highest BCUT2D eigenvalue weighted by Gasteiger charge is 2.54. The minimum absolute atomic E-state index is 0.0414. The molecule has 0 unspecified atom stereocenters. The first-order chi connectivity index (χ1) is 23.2. The van der Waals surface area contributed by atoms with Crippen LogP contribution in [0.2, 0.25) is 0 Å². The van der Waals surface area contributed by atoms with Crippen LogP contribution in [-0.4, -0.2) is 189 Å². The molecular weight excluding hydrogens is 660 g/mol. The van der Waals surface area contributed by atoms with Gasteiger partial charge in [0.15, 0.2) is 24.7 Å². The molecule has 49 heavy (non-hydrogen) atoms. The van der Waals surface area contributed by atoms with E-state index in [1.165, 1.54) is 0 Å². The van der Waals surface area contributed by atoms with Crippen molar-refractivity contribution >= 4 is 5.78 Å². The summed E-state index contributed by atoms with van der Waals surface area (Å²) in [7, 11) is 0. The van der Waals surface area contributed by atoms with Gasteiger partial charge in [0, 0.05) is 32.1 Å². The summed E-state index contributed by atoms with van der Waals surface area (Å²) >= 11 is 0. The average molecular weight is 715 g/mol. The van der Waals surface area contributed by atoms with E-state index in [0.29, 0.717) is 0 Å². The Bertz CT molecular complexity index is 1060. The molecule has 1 saturated carbocycles. The lowest BCUT2D eigenvalue weighted by Gasteiger charge is -2.47. The van der Waals surface area contributed by atoms with Crippen molar-refractivity contribution in [2.45, 2.75) is 136 Å². The minimum Gasteiger partial charge on any atom is -0.394 e. The standard InChI is InChI=1S/C28H54N6O15/c29-4-13(38)19(40)12(37)2-8-1-9(32)23(47-26-10(33)3-11(36)14(5-30)44-26)25(18(8)39)49-28-22(43)24(16(7-35)46-28)48-27-17(34)21(42)20(41)15(6-31)45-27/h8-11,13-28,35-36,38-43H,1-7,29-34H2/t8-,9-,10+,11-,13+,14+,15-,16+,17+,18-,19+,20+,21+,22+,23+,24+,25+,26+,27+,28-/m0/s1. The first-order valence-electron chi connectivity index (χ1n) is 16.4. The molecule has 0 radical (unpaired) electrons. The Morgan fingerprint density at radius 3 is 1.90 bits per heavy atom. The van der Waals surface area contributed by atoms with Gasteiger partial charge < -0.3 is 104 Å². The van der Waals surface area contributed by atoms with Crippen LogP contribution in [0.25, 0.3) is 0 Å². The molecule has 3 heterocycles. The summed E-state index contributed by atoms with van der Waals surface area (Å²) in [6.45, 7) is -1.35. The summed E-state index contributed by atoms with van der Waals surface area (Å²) in [6.07, 6.45) is -22.4. The average Bonchev–Trinajstić information content (AvgIpc) is 3.38. The zero-order valence-corrected chi connectivity index (χ0v) is 26.9. The van der Waals surface area contributed by atoms with Crippen molar-refractivity contribution in [2.24, 2.45) is 40.3 Å². The van der Waals surface area contributed by atoms with Gasteiger partial charge in [-0.2, -0.15) is 0 Å². The molecule has 20 atom stereocenters. The first kappa shape index (κ1) is 40.6. The summed E-state index contributed by atoms with van der Waals surface area (Å²) in [5.74, 6) is -1.77. The molecule has 0 aromatic heterocycles. The Balaban J connectivity index is 1.56. The maximum atomic E-state index is 12.8. The smallest absolute Gasteiger partial charge is 0.187 e. The third kappa shape index (κ3) is 8.92. The molecule has 4 aliphatic rings. The summed E-state index contributed by atoms with van der Waals surface area (Å²) in [4.78, 5) is 12.8. The lowest BCUT2D eigenvalue weighted by Crippen LogP contribution is -2.64. The molecule has 20 N–H and O–H groups in total. The predicted octanol–water partition coefficient (Wildman–Crippen LogP) is -8.94. The van der Waals surface area contributed by atoms with E-state index < -0.39 is 148 Å². The van der Waals surface area contributed by atoms with Crippen molar-refractivity contribution in [3.63, 3.8) is 0 Å². The Labute approximate surface area is 282 Å². The van der Waals surface area contributed by atoms with Gasteiger partial charge in [-0.3, -0.25) is 4.79 Å². The number of carbonyl (C=O) groups is 1. The number of carbonyl (C=O) groups excluding carboxylic acids is 1. The number of rotatable bonds is 14. The maximum Gasteiger partial charge on any atom is 0.187 e. The third-order valence-corrected chi connectivity index (χ3v) is 9.70. The van der Waals surface area contributed by atoms with Crippen LogP contribution in [0.15, 0.2) is 0 Å².